The number of methoxy groups -OCH3 is 1. The van der Waals surface area contributed by atoms with Gasteiger partial charge in [0, 0.05) is 12.1 Å². The number of benzene rings is 1. The van der Waals surface area contributed by atoms with Crippen molar-refractivity contribution in [1.82, 2.24) is 0 Å². The molecule has 0 aliphatic rings. The Hall–Kier alpha value is -1.82. The average molecular weight is 211 g/mol. The third-order valence-corrected chi connectivity index (χ3v) is 1.78. The van der Waals surface area contributed by atoms with E-state index in [4.69, 9.17) is 10.5 Å². The molecule has 0 saturated carbocycles. The molecule has 0 spiro atoms. The molecule has 3 N–H and O–H groups in total. The number of rotatable bonds is 4. The van der Waals surface area contributed by atoms with Gasteiger partial charge in [-0.1, -0.05) is 0 Å². The molecule has 15 heavy (non-hydrogen) atoms. The Bertz CT molecular complexity index is 366. The fraction of sp³-hybridized carbons (Fsp3) is 0.333. The first-order valence-electron chi connectivity index (χ1n) is 4.39. The second-order valence-corrected chi connectivity index (χ2v) is 3.07. The molecule has 1 unspecified atom stereocenters. The van der Waals surface area contributed by atoms with Crippen LogP contribution in [0.25, 0.3) is 0 Å². The molecule has 0 radical (unpaired) electrons. The third-order valence-electron chi connectivity index (χ3n) is 1.78. The SMILES string of the molecule is COc1ccc([N+](=O)[O-])c(NC(C)N)c1. The fourth-order valence-electron chi connectivity index (χ4n) is 1.16. The van der Waals surface area contributed by atoms with Crippen LogP contribution in [-0.4, -0.2) is 18.2 Å². The van der Waals surface area contributed by atoms with Crippen molar-refractivity contribution in [2.75, 3.05) is 12.4 Å². The molecule has 1 atom stereocenters. The normalized spacial score (nSPS) is 11.9. The van der Waals surface area contributed by atoms with Gasteiger partial charge in [0.05, 0.1) is 18.2 Å². The van der Waals surface area contributed by atoms with Crippen LogP contribution >= 0.6 is 0 Å². The van der Waals surface area contributed by atoms with Gasteiger partial charge in [-0.25, -0.2) is 0 Å². The maximum atomic E-state index is 10.7. The molecule has 6 heteroatoms. The van der Waals surface area contributed by atoms with Gasteiger partial charge in [0.25, 0.3) is 5.69 Å². The van der Waals surface area contributed by atoms with Crippen molar-refractivity contribution in [3.8, 4) is 5.75 Å². The Morgan fingerprint density at radius 2 is 2.27 bits per heavy atom. The number of nitro groups is 1. The standard InChI is InChI=1S/C9H13N3O3/c1-6(10)11-8-5-7(15-2)3-4-9(8)12(13)14/h3-6,11H,10H2,1-2H3. The van der Waals surface area contributed by atoms with Crippen molar-refractivity contribution in [2.24, 2.45) is 5.73 Å². The van der Waals surface area contributed by atoms with Crippen LogP contribution < -0.4 is 15.8 Å². The smallest absolute Gasteiger partial charge is 0.292 e. The minimum absolute atomic E-state index is 0.0203. The van der Waals surface area contributed by atoms with E-state index in [0.29, 0.717) is 11.4 Å². The van der Waals surface area contributed by atoms with Crippen LogP contribution in [0.2, 0.25) is 0 Å². The van der Waals surface area contributed by atoms with Crippen molar-refractivity contribution in [3.05, 3.63) is 28.3 Å². The zero-order valence-electron chi connectivity index (χ0n) is 8.56. The number of hydrogen-bond donors (Lipinski definition) is 2. The molecule has 1 rings (SSSR count). The molecule has 1 aromatic rings. The lowest BCUT2D eigenvalue weighted by atomic mass is 10.2. The van der Waals surface area contributed by atoms with Gasteiger partial charge in [-0.3, -0.25) is 10.1 Å². The number of nitro benzene ring substituents is 1. The summed E-state index contributed by atoms with van der Waals surface area (Å²) in [5.74, 6) is 0.545. The fourth-order valence-corrected chi connectivity index (χ4v) is 1.16. The Morgan fingerprint density at radius 1 is 1.60 bits per heavy atom. The highest BCUT2D eigenvalue weighted by Gasteiger charge is 2.14. The first kappa shape index (κ1) is 11.3. The molecular weight excluding hydrogens is 198 g/mol. The van der Waals surface area contributed by atoms with Gasteiger partial charge in [-0.15, -0.1) is 0 Å². The molecular formula is C9H13N3O3. The van der Waals surface area contributed by atoms with Crippen molar-refractivity contribution < 1.29 is 9.66 Å². The van der Waals surface area contributed by atoms with E-state index in [1.165, 1.54) is 19.2 Å². The summed E-state index contributed by atoms with van der Waals surface area (Å²) in [6.07, 6.45) is -0.365. The molecule has 82 valence electrons. The summed E-state index contributed by atoms with van der Waals surface area (Å²) < 4.78 is 4.97. The zero-order valence-corrected chi connectivity index (χ0v) is 8.56. The summed E-state index contributed by atoms with van der Waals surface area (Å²) in [5.41, 5.74) is 5.85. The van der Waals surface area contributed by atoms with Gasteiger partial charge >= 0.3 is 0 Å². The van der Waals surface area contributed by atoms with Crippen LogP contribution in [0.15, 0.2) is 18.2 Å². The molecule has 0 fully saturated rings. The van der Waals surface area contributed by atoms with Crippen LogP contribution in [0, 0.1) is 10.1 Å². The van der Waals surface area contributed by atoms with E-state index >= 15 is 0 Å². The van der Waals surface area contributed by atoms with E-state index in [1.54, 1.807) is 13.0 Å². The number of ether oxygens (including phenoxy) is 1. The Balaban J connectivity index is 3.10. The lowest BCUT2D eigenvalue weighted by Gasteiger charge is -2.11. The second-order valence-electron chi connectivity index (χ2n) is 3.07. The largest absolute Gasteiger partial charge is 0.497 e. The highest BCUT2D eigenvalue weighted by Crippen LogP contribution is 2.28. The molecule has 0 heterocycles. The van der Waals surface area contributed by atoms with E-state index in [1.807, 2.05) is 0 Å². The average Bonchev–Trinajstić information content (AvgIpc) is 2.16. The topological polar surface area (TPSA) is 90.4 Å². The quantitative estimate of drug-likeness (QED) is 0.445. The molecule has 0 saturated heterocycles. The number of anilines is 1. The van der Waals surface area contributed by atoms with Crippen molar-refractivity contribution in [1.29, 1.82) is 0 Å². The number of nitrogens with two attached hydrogens (primary N) is 1. The van der Waals surface area contributed by atoms with Gasteiger partial charge in [0.1, 0.15) is 11.4 Å². The number of nitrogens with one attached hydrogen (secondary N) is 1. The van der Waals surface area contributed by atoms with Crippen molar-refractivity contribution >= 4 is 11.4 Å². The lowest BCUT2D eigenvalue weighted by molar-refractivity contribution is -0.384. The van der Waals surface area contributed by atoms with E-state index in [0.717, 1.165) is 0 Å². The van der Waals surface area contributed by atoms with Crippen LogP contribution in [0.4, 0.5) is 11.4 Å². The number of nitrogens with zero attached hydrogens (tertiary/aromatic N) is 1. The predicted octanol–water partition coefficient (Wildman–Crippen LogP) is 1.32. The first-order valence-corrected chi connectivity index (χ1v) is 4.39. The highest BCUT2D eigenvalue weighted by molar-refractivity contribution is 5.64. The van der Waals surface area contributed by atoms with E-state index in [9.17, 15) is 10.1 Å². The molecule has 0 amide bonds. The highest BCUT2D eigenvalue weighted by atomic mass is 16.6. The van der Waals surface area contributed by atoms with E-state index in [2.05, 4.69) is 5.32 Å². The molecule has 0 aliphatic heterocycles. The van der Waals surface area contributed by atoms with Crippen molar-refractivity contribution in [3.63, 3.8) is 0 Å². The lowest BCUT2D eigenvalue weighted by Crippen LogP contribution is -2.25. The maximum Gasteiger partial charge on any atom is 0.292 e. The van der Waals surface area contributed by atoms with Crippen LogP contribution in [0.1, 0.15) is 6.92 Å². The molecule has 0 aliphatic carbocycles. The number of hydrogen-bond acceptors (Lipinski definition) is 5. The monoisotopic (exact) mass is 211 g/mol. The van der Waals surface area contributed by atoms with Crippen LogP contribution in [-0.2, 0) is 0 Å². The Morgan fingerprint density at radius 3 is 2.73 bits per heavy atom. The molecule has 1 aromatic carbocycles. The van der Waals surface area contributed by atoms with Crippen LogP contribution in [0.3, 0.4) is 0 Å². The van der Waals surface area contributed by atoms with Gasteiger partial charge in [0.15, 0.2) is 0 Å². The van der Waals surface area contributed by atoms with Gasteiger partial charge in [0.2, 0.25) is 0 Å². The molecule has 6 nitrogen and oxygen atoms in total. The third kappa shape index (κ3) is 2.81. The van der Waals surface area contributed by atoms with E-state index < -0.39 is 4.92 Å². The van der Waals surface area contributed by atoms with Crippen molar-refractivity contribution in [2.45, 2.75) is 13.1 Å². The van der Waals surface area contributed by atoms with Crippen LogP contribution in [0.5, 0.6) is 5.75 Å². The van der Waals surface area contributed by atoms with Gasteiger partial charge < -0.3 is 15.8 Å². The maximum absolute atomic E-state index is 10.7. The van der Waals surface area contributed by atoms with Gasteiger partial charge in [-0.2, -0.15) is 0 Å². The summed E-state index contributed by atoms with van der Waals surface area (Å²) in [6, 6.07) is 4.45. The first-order chi connectivity index (χ1) is 7.04. The van der Waals surface area contributed by atoms with Gasteiger partial charge in [-0.05, 0) is 13.0 Å². The molecule has 0 aromatic heterocycles. The minimum atomic E-state index is -0.468. The second kappa shape index (κ2) is 4.61. The summed E-state index contributed by atoms with van der Waals surface area (Å²) in [7, 11) is 1.50. The van der Waals surface area contributed by atoms with E-state index in [-0.39, 0.29) is 11.9 Å². The zero-order chi connectivity index (χ0) is 11.4. The summed E-state index contributed by atoms with van der Waals surface area (Å²) >= 11 is 0. The summed E-state index contributed by atoms with van der Waals surface area (Å²) in [5, 5.41) is 13.5. The Kier molecular flexibility index (Phi) is 3.46. The Labute approximate surface area is 87.2 Å². The minimum Gasteiger partial charge on any atom is -0.497 e. The molecule has 0 bridgehead atoms. The summed E-state index contributed by atoms with van der Waals surface area (Å²) in [6.45, 7) is 1.70. The predicted molar refractivity (Wildman–Crippen MR) is 56.9 cm³/mol. The summed E-state index contributed by atoms with van der Waals surface area (Å²) in [4.78, 5) is 10.2.